The molecule has 0 bridgehead atoms. The van der Waals surface area contributed by atoms with Crippen molar-refractivity contribution >= 4 is 0 Å². The molecule has 1 nitrogen and oxygen atoms in total. The van der Waals surface area contributed by atoms with E-state index in [0.29, 0.717) is 11.8 Å². The van der Waals surface area contributed by atoms with Crippen molar-refractivity contribution in [2.24, 2.45) is 0 Å². The molecular formula is C15H23N. The highest BCUT2D eigenvalue weighted by atomic mass is 14.7. The highest BCUT2D eigenvalue weighted by molar-refractivity contribution is 5.37. The van der Waals surface area contributed by atoms with Gasteiger partial charge in [-0.3, -0.25) is 4.98 Å². The van der Waals surface area contributed by atoms with E-state index in [-0.39, 0.29) is 0 Å². The molecule has 0 amide bonds. The van der Waals surface area contributed by atoms with Crippen molar-refractivity contribution in [2.75, 3.05) is 0 Å². The molecule has 0 spiro atoms. The topological polar surface area (TPSA) is 12.9 Å². The number of aromatic nitrogens is 1. The minimum Gasteiger partial charge on any atom is -0.257 e. The SMILES string of the molecule is CC(C)c1cc2c(c(C(C)C)n1)CCCC2. The van der Waals surface area contributed by atoms with E-state index in [1.165, 1.54) is 37.1 Å². The van der Waals surface area contributed by atoms with Crippen LogP contribution in [0.4, 0.5) is 0 Å². The van der Waals surface area contributed by atoms with Gasteiger partial charge in [0.05, 0.1) is 0 Å². The average molecular weight is 217 g/mol. The third-order valence-corrected chi connectivity index (χ3v) is 3.53. The van der Waals surface area contributed by atoms with E-state index in [9.17, 15) is 0 Å². The lowest BCUT2D eigenvalue weighted by Crippen LogP contribution is -2.12. The highest BCUT2D eigenvalue weighted by Gasteiger charge is 2.18. The van der Waals surface area contributed by atoms with Gasteiger partial charge < -0.3 is 0 Å². The molecule has 1 aliphatic rings. The van der Waals surface area contributed by atoms with Gasteiger partial charge in [-0.25, -0.2) is 0 Å². The summed E-state index contributed by atoms with van der Waals surface area (Å²) in [5.74, 6) is 1.11. The van der Waals surface area contributed by atoms with Crippen molar-refractivity contribution in [1.82, 2.24) is 4.98 Å². The first-order valence-electron chi connectivity index (χ1n) is 6.62. The van der Waals surface area contributed by atoms with Gasteiger partial charge in [0.25, 0.3) is 0 Å². The second-order valence-electron chi connectivity index (χ2n) is 5.59. The fourth-order valence-electron chi connectivity index (χ4n) is 2.57. The van der Waals surface area contributed by atoms with Gasteiger partial charge in [-0.1, -0.05) is 27.7 Å². The fraction of sp³-hybridized carbons (Fsp3) is 0.667. The van der Waals surface area contributed by atoms with E-state index in [1.54, 1.807) is 11.1 Å². The van der Waals surface area contributed by atoms with Gasteiger partial charge in [0.2, 0.25) is 0 Å². The Kier molecular flexibility index (Phi) is 3.32. The van der Waals surface area contributed by atoms with Crippen LogP contribution >= 0.6 is 0 Å². The zero-order valence-corrected chi connectivity index (χ0v) is 11.0. The van der Waals surface area contributed by atoms with E-state index < -0.39 is 0 Å². The van der Waals surface area contributed by atoms with Crippen molar-refractivity contribution in [3.63, 3.8) is 0 Å². The molecule has 88 valence electrons. The average Bonchev–Trinajstić information content (AvgIpc) is 2.27. The molecule has 0 fully saturated rings. The Bertz CT molecular complexity index is 377. The van der Waals surface area contributed by atoms with Crippen LogP contribution in [-0.4, -0.2) is 4.98 Å². The van der Waals surface area contributed by atoms with Gasteiger partial charge in [0.1, 0.15) is 0 Å². The molecule has 0 aliphatic heterocycles. The monoisotopic (exact) mass is 217 g/mol. The summed E-state index contributed by atoms with van der Waals surface area (Å²) in [5.41, 5.74) is 5.78. The van der Waals surface area contributed by atoms with Crippen molar-refractivity contribution < 1.29 is 0 Å². The van der Waals surface area contributed by atoms with Crippen molar-refractivity contribution in [2.45, 2.75) is 65.2 Å². The Morgan fingerprint density at radius 1 is 1.00 bits per heavy atom. The molecule has 1 heteroatoms. The van der Waals surface area contributed by atoms with Gasteiger partial charge >= 0.3 is 0 Å². The summed E-state index contributed by atoms with van der Waals surface area (Å²) in [7, 11) is 0. The van der Waals surface area contributed by atoms with Crippen LogP contribution in [0.5, 0.6) is 0 Å². The molecule has 1 aromatic rings. The summed E-state index contributed by atoms with van der Waals surface area (Å²) >= 11 is 0. The van der Waals surface area contributed by atoms with Gasteiger partial charge in [0.15, 0.2) is 0 Å². The van der Waals surface area contributed by atoms with Gasteiger partial charge in [-0.15, -0.1) is 0 Å². The Labute approximate surface area is 99.3 Å². The maximum absolute atomic E-state index is 4.89. The largest absolute Gasteiger partial charge is 0.257 e. The zero-order valence-electron chi connectivity index (χ0n) is 11.0. The summed E-state index contributed by atoms with van der Waals surface area (Å²) in [6.45, 7) is 9.01. The fourth-order valence-corrected chi connectivity index (χ4v) is 2.57. The number of nitrogens with zero attached hydrogens (tertiary/aromatic N) is 1. The summed E-state index contributed by atoms with van der Waals surface area (Å²) in [5, 5.41) is 0. The molecule has 0 atom stereocenters. The number of rotatable bonds is 2. The highest BCUT2D eigenvalue weighted by Crippen LogP contribution is 2.30. The first-order chi connectivity index (χ1) is 7.59. The lowest BCUT2D eigenvalue weighted by Gasteiger charge is -2.22. The van der Waals surface area contributed by atoms with Crippen LogP contribution < -0.4 is 0 Å². The Morgan fingerprint density at radius 3 is 2.31 bits per heavy atom. The molecule has 0 radical (unpaired) electrons. The third-order valence-electron chi connectivity index (χ3n) is 3.53. The molecule has 0 unspecified atom stereocenters. The molecule has 0 saturated carbocycles. The predicted molar refractivity (Wildman–Crippen MR) is 69.1 cm³/mol. The Morgan fingerprint density at radius 2 is 1.69 bits per heavy atom. The summed E-state index contributed by atoms with van der Waals surface area (Å²) in [6.07, 6.45) is 5.20. The van der Waals surface area contributed by atoms with Crippen molar-refractivity contribution in [1.29, 1.82) is 0 Å². The number of fused-ring (bicyclic) bond motifs is 1. The Balaban J connectivity index is 2.52. The molecule has 16 heavy (non-hydrogen) atoms. The van der Waals surface area contributed by atoms with Crippen LogP contribution in [0.1, 0.15) is 74.9 Å². The summed E-state index contributed by atoms with van der Waals surface area (Å²) in [4.78, 5) is 4.89. The van der Waals surface area contributed by atoms with E-state index in [4.69, 9.17) is 4.98 Å². The third kappa shape index (κ3) is 2.14. The minimum absolute atomic E-state index is 0.546. The lowest BCUT2D eigenvalue weighted by molar-refractivity contribution is 0.649. The summed E-state index contributed by atoms with van der Waals surface area (Å²) < 4.78 is 0. The van der Waals surface area contributed by atoms with Gasteiger partial charge in [0, 0.05) is 11.4 Å². The van der Waals surface area contributed by atoms with Gasteiger partial charge in [-0.05, 0) is 54.7 Å². The second kappa shape index (κ2) is 4.57. The van der Waals surface area contributed by atoms with Crippen LogP contribution in [0.25, 0.3) is 0 Å². The Hall–Kier alpha value is -0.850. The van der Waals surface area contributed by atoms with E-state index in [1.807, 2.05) is 0 Å². The molecule has 0 aromatic carbocycles. The van der Waals surface area contributed by atoms with E-state index >= 15 is 0 Å². The van der Waals surface area contributed by atoms with Crippen LogP contribution in [0.15, 0.2) is 6.07 Å². The van der Waals surface area contributed by atoms with Crippen LogP contribution in [0.3, 0.4) is 0 Å². The number of hydrogen-bond acceptors (Lipinski definition) is 1. The number of hydrogen-bond donors (Lipinski definition) is 0. The van der Waals surface area contributed by atoms with E-state index in [0.717, 1.165) is 0 Å². The molecule has 1 aliphatic carbocycles. The smallest absolute Gasteiger partial charge is 0.0467 e. The predicted octanol–water partition coefficient (Wildman–Crippen LogP) is 4.21. The van der Waals surface area contributed by atoms with Crippen LogP contribution in [-0.2, 0) is 12.8 Å². The summed E-state index contributed by atoms with van der Waals surface area (Å²) in [6, 6.07) is 2.35. The second-order valence-corrected chi connectivity index (χ2v) is 5.59. The van der Waals surface area contributed by atoms with Crippen molar-refractivity contribution in [3.8, 4) is 0 Å². The standard InChI is InChI=1S/C15H23N/c1-10(2)14-9-12-7-5-6-8-13(12)15(16-14)11(3)4/h9-11H,5-8H2,1-4H3. The van der Waals surface area contributed by atoms with Crippen LogP contribution in [0, 0.1) is 0 Å². The molecule has 1 aromatic heterocycles. The van der Waals surface area contributed by atoms with Gasteiger partial charge in [-0.2, -0.15) is 0 Å². The number of aryl methyl sites for hydroxylation is 1. The first-order valence-corrected chi connectivity index (χ1v) is 6.62. The maximum Gasteiger partial charge on any atom is 0.0467 e. The molecule has 0 N–H and O–H groups in total. The lowest BCUT2D eigenvalue weighted by atomic mass is 9.86. The molecule has 2 rings (SSSR count). The molecular weight excluding hydrogens is 194 g/mol. The normalized spacial score (nSPS) is 15.6. The van der Waals surface area contributed by atoms with E-state index in [2.05, 4.69) is 33.8 Å². The quantitative estimate of drug-likeness (QED) is 0.723. The first kappa shape index (κ1) is 11.6. The maximum atomic E-state index is 4.89. The molecule has 1 heterocycles. The van der Waals surface area contributed by atoms with Crippen LogP contribution in [0.2, 0.25) is 0 Å². The molecule has 0 saturated heterocycles. The zero-order chi connectivity index (χ0) is 11.7. The minimum atomic E-state index is 0.546. The number of pyridine rings is 1. The van der Waals surface area contributed by atoms with Crippen molar-refractivity contribution in [3.05, 3.63) is 28.6 Å².